The van der Waals surface area contributed by atoms with Gasteiger partial charge in [-0.25, -0.2) is 9.97 Å². The number of hydrogen-bond donors (Lipinski definition) is 0. The zero-order chi connectivity index (χ0) is 11.7. The predicted octanol–water partition coefficient (Wildman–Crippen LogP) is 3.08. The Bertz CT molecular complexity index is 501. The standard InChI is InChI=1S/C11H13BrN4S/c12-9-6-16(8-13-9)10-7-17-11(14-10)15-4-2-1-3-5-15/h6-8H,1-5H2. The second-order valence-corrected chi connectivity index (χ2v) is 5.79. The Morgan fingerprint density at radius 3 is 2.76 bits per heavy atom. The fourth-order valence-corrected chi connectivity index (χ4v) is 3.20. The van der Waals surface area contributed by atoms with Crippen molar-refractivity contribution in [2.45, 2.75) is 19.3 Å². The van der Waals surface area contributed by atoms with Crippen molar-refractivity contribution < 1.29 is 0 Å². The quantitative estimate of drug-likeness (QED) is 0.854. The molecule has 0 unspecified atom stereocenters. The molecular weight excluding hydrogens is 300 g/mol. The largest absolute Gasteiger partial charge is 0.348 e. The van der Waals surface area contributed by atoms with E-state index in [0.29, 0.717) is 0 Å². The van der Waals surface area contributed by atoms with Crippen molar-refractivity contribution in [2.75, 3.05) is 18.0 Å². The van der Waals surface area contributed by atoms with Gasteiger partial charge >= 0.3 is 0 Å². The molecule has 6 heteroatoms. The number of hydrogen-bond acceptors (Lipinski definition) is 4. The first-order chi connectivity index (χ1) is 8.33. The minimum Gasteiger partial charge on any atom is -0.348 e. The lowest BCUT2D eigenvalue weighted by Crippen LogP contribution is -2.29. The maximum absolute atomic E-state index is 4.66. The molecule has 0 spiro atoms. The molecule has 0 amide bonds. The van der Waals surface area contributed by atoms with Crippen LogP contribution in [0.1, 0.15) is 19.3 Å². The van der Waals surface area contributed by atoms with Crippen molar-refractivity contribution in [3.8, 4) is 5.82 Å². The molecule has 0 atom stereocenters. The van der Waals surface area contributed by atoms with Gasteiger partial charge in [0, 0.05) is 24.7 Å². The molecule has 0 bridgehead atoms. The lowest BCUT2D eigenvalue weighted by atomic mass is 10.1. The third kappa shape index (κ3) is 2.37. The number of nitrogens with zero attached hydrogens (tertiary/aromatic N) is 4. The van der Waals surface area contributed by atoms with Gasteiger partial charge in [-0.3, -0.25) is 4.57 Å². The van der Waals surface area contributed by atoms with Crippen molar-refractivity contribution in [3.63, 3.8) is 0 Å². The summed E-state index contributed by atoms with van der Waals surface area (Å²) in [7, 11) is 0. The van der Waals surface area contributed by atoms with Crippen molar-refractivity contribution in [3.05, 3.63) is 22.5 Å². The van der Waals surface area contributed by atoms with E-state index < -0.39 is 0 Å². The molecule has 1 aliphatic rings. The van der Waals surface area contributed by atoms with E-state index in [-0.39, 0.29) is 0 Å². The number of aromatic nitrogens is 3. The molecule has 1 fully saturated rings. The van der Waals surface area contributed by atoms with Crippen molar-refractivity contribution in [2.24, 2.45) is 0 Å². The fourth-order valence-electron chi connectivity index (χ4n) is 2.03. The minimum atomic E-state index is 0.838. The molecule has 90 valence electrons. The number of thiazole rings is 1. The zero-order valence-corrected chi connectivity index (χ0v) is 11.7. The first-order valence-corrected chi connectivity index (χ1v) is 7.40. The normalized spacial score (nSPS) is 16.4. The molecule has 0 aromatic carbocycles. The van der Waals surface area contributed by atoms with Crippen LogP contribution >= 0.6 is 27.3 Å². The Hall–Kier alpha value is -0.880. The smallest absolute Gasteiger partial charge is 0.187 e. The number of piperidine rings is 1. The highest BCUT2D eigenvalue weighted by atomic mass is 79.9. The molecule has 1 aliphatic heterocycles. The summed E-state index contributed by atoms with van der Waals surface area (Å²) in [4.78, 5) is 11.2. The summed E-state index contributed by atoms with van der Waals surface area (Å²) in [6, 6.07) is 0. The summed E-state index contributed by atoms with van der Waals surface area (Å²) in [5, 5.41) is 3.21. The molecule has 4 nitrogen and oxygen atoms in total. The van der Waals surface area contributed by atoms with Crippen LogP contribution in [0.3, 0.4) is 0 Å². The summed E-state index contributed by atoms with van der Waals surface area (Å²) < 4.78 is 2.78. The first kappa shape index (κ1) is 11.2. The van der Waals surface area contributed by atoms with Gasteiger partial charge in [-0.15, -0.1) is 11.3 Å². The molecule has 17 heavy (non-hydrogen) atoms. The number of halogens is 1. The third-order valence-corrected chi connectivity index (χ3v) is 4.22. The molecule has 0 N–H and O–H groups in total. The SMILES string of the molecule is Brc1cn(-c2csc(N3CCCCC3)n2)cn1. The maximum atomic E-state index is 4.66. The fraction of sp³-hybridized carbons (Fsp3) is 0.455. The molecule has 2 aromatic rings. The van der Waals surface area contributed by atoms with E-state index in [2.05, 4.69) is 36.2 Å². The highest BCUT2D eigenvalue weighted by Gasteiger charge is 2.14. The third-order valence-electron chi connectivity index (χ3n) is 2.92. The molecule has 2 aromatic heterocycles. The molecule has 3 heterocycles. The summed E-state index contributed by atoms with van der Waals surface area (Å²) in [5.41, 5.74) is 0. The number of imidazole rings is 1. The zero-order valence-electron chi connectivity index (χ0n) is 9.34. The second-order valence-electron chi connectivity index (χ2n) is 4.14. The van der Waals surface area contributed by atoms with Crippen LogP contribution < -0.4 is 4.90 Å². The van der Waals surface area contributed by atoms with Crippen molar-refractivity contribution in [1.82, 2.24) is 14.5 Å². The van der Waals surface area contributed by atoms with Gasteiger partial charge in [0.2, 0.25) is 0 Å². The summed E-state index contributed by atoms with van der Waals surface area (Å²) in [6.07, 6.45) is 7.62. The van der Waals surface area contributed by atoms with Crippen molar-refractivity contribution in [1.29, 1.82) is 0 Å². The van der Waals surface area contributed by atoms with E-state index in [1.54, 1.807) is 17.7 Å². The Kier molecular flexibility index (Phi) is 3.15. The van der Waals surface area contributed by atoms with Crippen LogP contribution in [0.15, 0.2) is 22.5 Å². The Labute approximate surface area is 112 Å². The van der Waals surface area contributed by atoms with Gasteiger partial charge < -0.3 is 4.90 Å². The van der Waals surface area contributed by atoms with E-state index in [1.807, 2.05) is 10.8 Å². The van der Waals surface area contributed by atoms with Gasteiger partial charge in [0.05, 0.1) is 0 Å². The van der Waals surface area contributed by atoms with Crippen LogP contribution in [-0.4, -0.2) is 27.6 Å². The Morgan fingerprint density at radius 1 is 1.24 bits per heavy atom. The minimum absolute atomic E-state index is 0.838. The van der Waals surface area contributed by atoms with E-state index in [4.69, 9.17) is 0 Å². The van der Waals surface area contributed by atoms with E-state index >= 15 is 0 Å². The van der Waals surface area contributed by atoms with Crippen LogP contribution in [0, 0.1) is 0 Å². The average molecular weight is 313 g/mol. The summed E-state index contributed by atoms with van der Waals surface area (Å²) >= 11 is 5.06. The van der Waals surface area contributed by atoms with Crippen LogP contribution in [0.5, 0.6) is 0 Å². The maximum Gasteiger partial charge on any atom is 0.187 e. The highest BCUT2D eigenvalue weighted by Crippen LogP contribution is 2.25. The highest BCUT2D eigenvalue weighted by molar-refractivity contribution is 9.10. The topological polar surface area (TPSA) is 34.0 Å². The van der Waals surface area contributed by atoms with Gasteiger partial charge in [0.25, 0.3) is 0 Å². The van der Waals surface area contributed by atoms with Crippen LogP contribution in [0.25, 0.3) is 5.82 Å². The van der Waals surface area contributed by atoms with Gasteiger partial charge in [-0.2, -0.15) is 0 Å². The Balaban J connectivity index is 1.82. The first-order valence-electron chi connectivity index (χ1n) is 5.73. The predicted molar refractivity (Wildman–Crippen MR) is 73.0 cm³/mol. The molecule has 0 saturated carbocycles. The van der Waals surface area contributed by atoms with E-state index in [0.717, 1.165) is 28.6 Å². The average Bonchev–Trinajstić information content (AvgIpc) is 2.98. The van der Waals surface area contributed by atoms with E-state index in [1.165, 1.54) is 19.3 Å². The number of anilines is 1. The molecule has 0 radical (unpaired) electrons. The molecule has 1 saturated heterocycles. The second kappa shape index (κ2) is 4.78. The van der Waals surface area contributed by atoms with Gasteiger partial charge in [0.1, 0.15) is 10.9 Å². The van der Waals surface area contributed by atoms with Crippen LogP contribution in [-0.2, 0) is 0 Å². The lowest BCUT2D eigenvalue weighted by molar-refractivity contribution is 0.576. The molecular formula is C11H13BrN4S. The van der Waals surface area contributed by atoms with Crippen LogP contribution in [0.2, 0.25) is 0 Å². The van der Waals surface area contributed by atoms with Gasteiger partial charge in [-0.1, -0.05) is 0 Å². The monoisotopic (exact) mass is 312 g/mol. The molecule has 0 aliphatic carbocycles. The molecule has 3 rings (SSSR count). The van der Waals surface area contributed by atoms with E-state index in [9.17, 15) is 0 Å². The van der Waals surface area contributed by atoms with Gasteiger partial charge in [0.15, 0.2) is 10.9 Å². The Morgan fingerprint density at radius 2 is 2.06 bits per heavy atom. The number of rotatable bonds is 2. The lowest BCUT2D eigenvalue weighted by Gasteiger charge is -2.25. The van der Waals surface area contributed by atoms with Crippen LogP contribution in [0.4, 0.5) is 5.13 Å². The summed E-state index contributed by atoms with van der Waals surface area (Å²) in [5.74, 6) is 0.953. The summed E-state index contributed by atoms with van der Waals surface area (Å²) in [6.45, 7) is 2.28. The van der Waals surface area contributed by atoms with Gasteiger partial charge in [-0.05, 0) is 35.2 Å². The van der Waals surface area contributed by atoms with Crippen molar-refractivity contribution >= 4 is 32.4 Å².